The van der Waals surface area contributed by atoms with Crippen LogP contribution in [0, 0.1) is 0 Å². The molecule has 7 nitrogen and oxygen atoms in total. The van der Waals surface area contributed by atoms with Gasteiger partial charge in [0.15, 0.2) is 0 Å². The van der Waals surface area contributed by atoms with E-state index < -0.39 is 10.0 Å². The van der Waals surface area contributed by atoms with Gasteiger partial charge < -0.3 is 5.32 Å². The van der Waals surface area contributed by atoms with Crippen LogP contribution in [0.1, 0.15) is 10.4 Å². The van der Waals surface area contributed by atoms with Crippen molar-refractivity contribution in [3.05, 3.63) is 54.2 Å². The predicted molar refractivity (Wildman–Crippen MR) is 89.0 cm³/mol. The average molecular weight is 330 g/mol. The maximum Gasteiger partial charge on any atom is 0.257 e. The number of rotatable bonds is 4. The summed E-state index contributed by atoms with van der Waals surface area (Å²) in [4.78, 5) is 12.5. The van der Waals surface area contributed by atoms with Crippen molar-refractivity contribution >= 4 is 38.2 Å². The summed E-state index contributed by atoms with van der Waals surface area (Å²) in [6, 6.07) is 11.9. The molecule has 0 aliphatic heterocycles. The molecule has 3 rings (SSSR count). The number of para-hydroxylation sites is 3. The second-order valence-corrected chi connectivity index (χ2v) is 6.76. The van der Waals surface area contributed by atoms with Crippen LogP contribution in [0.15, 0.2) is 48.7 Å². The third-order valence-corrected chi connectivity index (χ3v) is 3.78. The van der Waals surface area contributed by atoms with E-state index in [4.69, 9.17) is 0 Å². The Morgan fingerprint density at radius 2 is 1.83 bits per heavy atom. The summed E-state index contributed by atoms with van der Waals surface area (Å²) in [7, 11) is -3.44. The van der Waals surface area contributed by atoms with Crippen molar-refractivity contribution < 1.29 is 13.2 Å². The highest BCUT2D eigenvalue weighted by Crippen LogP contribution is 2.24. The Labute approximate surface area is 132 Å². The Balaban J connectivity index is 1.93. The van der Waals surface area contributed by atoms with Crippen LogP contribution >= 0.6 is 0 Å². The average Bonchev–Trinajstić information content (AvgIpc) is 2.96. The molecule has 0 saturated carbocycles. The standard InChI is InChI=1S/C15H14N4O3S/c1-23(21,22)19-13-8-3-2-7-12(13)17-15(20)11-6-4-5-10-9-16-18-14(10)11/h2-9,19H,1H3,(H,16,18)(H,17,20). The largest absolute Gasteiger partial charge is 0.320 e. The van der Waals surface area contributed by atoms with Crippen molar-refractivity contribution in [2.24, 2.45) is 0 Å². The third kappa shape index (κ3) is 3.32. The number of H-pyrrole nitrogens is 1. The van der Waals surface area contributed by atoms with Crippen LogP contribution in [0.4, 0.5) is 11.4 Å². The van der Waals surface area contributed by atoms with Gasteiger partial charge in [-0.1, -0.05) is 24.3 Å². The monoisotopic (exact) mass is 330 g/mol. The number of anilines is 2. The summed E-state index contributed by atoms with van der Waals surface area (Å²) in [5.41, 5.74) is 1.73. The molecule has 118 valence electrons. The summed E-state index contributed by atoms with van der Waals surface area (Å²) >= 11 is 0. The van der Waals surface area contributed by atoms with Crippen LogP contribution in [0.3, 0.4) is 0 Å². The van der Waals surface area contributed by atoms with Gasteiger partial charge in [0, 0.05) is 5.39 Å². The van der Waals surface area contributed by atoms with Gasteiger partial charge >= 0.3 is 0 Å². The van der Waals surface area contributed by atoms with E-state index >= 15 is 0 Å². The van der Waals surface area contributed by atoms with E-state index in [1.807, 2.05) is 6.07 Å². The highest BCUT2D eigenvalue weighted by molar-refractivity contribution is 7.92. The molecule has 0 unspecified atom stereocenters. The van der Waals surface area contributed by atoms with Gasteiger partial charge in [-0.05, 0) is 18.2 Å². The van der Waals surface area contributed by atoms with Crippen molar-refractivity contribution in [1.82, 2.24) is 10.2 Å². The van der Waals surface area contributed by atoms with Crippen molar-refractivity contribution in [3.63, 3.8) is 0 Å². The van der Waals surface area contributed by atoms with Crippen molar-refractivity contribution in [3.8, 4) is 0 Å². The van der Waals surface area contributed by atoms with Crippen LogP contribution in [0.25, 0.3) is 10.9 Å². The number of aromatic amines is 1. The van der Waals surface area contributed by atoms with E-state index in [0.717, 1.165) is 11.6 Å². The molecule has 0 spiro atoms. The Kier molecular flexibility index (Phi) is 3.75. The molecule has 8 heteroatoms. The van der Waals surface area contributed by atoms with E-state index in [2.05, 4.69) is 20.2 Å². The number of nitrogens with one attached hydrogen (secondary N) is 3. The number of benzene rings is 2. The minimum atomic E-state index is -3.44. The molecule has 0 bridgehead atoms. The number of nitrogens with zero attached hydrogens (tertiary/aromatic N) is 1. The van der Waals surface area contributed by atoms with Crippen molar-refractivity contribution in [2.75, 3.05) is 16.3 Å². The smallest absolute Gasteiger partial charge is 0.257 e. The van der Waals surface area contributed by atoms with Crippen molar-refractivity contribution in [1.29, 1.82) is 0 Å². The van der Waals surface area contributed by atoms with Gasteiger partial charge in [0.1, 0.15) is 0 Å². The van der Waals surface area contributed by atoms with Gasteiger partial charge in [0.05, 0.1) is 34.9 Å². The van der Waals surface area contributed by atoms with Crippen LogP contribution in [0.5, 0.6) is 0 Å². The first-order valence-corrected chi connectivity index (χ1v) is 8.63. The number of carbonyl (C=O) groups is 1. The van der Waals surface area contributed by atoms with Gasteiger partial charge in [0.25, 0.3) is 5.91 Å². The lowest BCUT2D eigenvalue weighted by Crippen LogP contribution is -2.16. The molecule has 3 aromatic rings. The van der Waals surface area contributed by atoms with Crippen LogP contribution in [0.2, 0.25) is 0 Å². The zero-order valence-electron chi connectivity index (χ0n) is 12.2. The highest BCUT2D eigenvalue weighted by Gasteiger charge is 2.14. The van der Waals surface area contributed by atoms with E-state index in [1.54, 1.807) is 42.6 Å². The maximum atomic E-state index is 12.5. The molecule has 1 amide bonds. The summed E-state index contributed by atoms with van der Waals surface area (Å²) < 4.78 is 25.2. The molecular weight excluding hydrogens is 316 g/mol. The molecule has 0 fully saturated rings. The molecular formula is C15H14N4O3S. The molecule has 0 saturated heterocycles. The Morgan fingerprint density at radius 3 is 2.57 bits per heavy atom. The van der Waals surface area contributed by atoms with E-state index in [0.29, 0.717) is 22.5 Å². The van der Waals surface area contributed by atoms with Crippen molar-refractivity contribution in [2.45, 2.75) is 0 Å². The molecule has 1 aromatic heterocycles. The van der Waals surface area contributed by atoms with Gasteiger partial charge in [-0.2, -0.15) is 5.10 Å². The van der Waals surface area contributed by atoms with Crippen LogP contribution < -0.4 is 10.0 Å². The van der Waals surface area contributed by atoms with Gasteiger partial charge in [-0.15, -0.1) is 0 Å². The molecule has 2 aromatic carbocycles. The van der Waals surface area contributed by atoms with E-state index in [-0.39, 0.29) is 5.91 Å². The summed E-state index contributed by atoms with van der Waals surface area (Å²) in [6.07, 6.45) is 2.68. The maximum absolute atomic E-state index is 12.5. The fourth-order valence-corrected chi connectivity index (χ4v) is 2.81. The quantitative estimate of drug-likeness (QED) is 0.682. The first kappa shape index (κ1) is 15.0. The lowest BCUT2D eigenvalue weighted by molar-refractivity contribution is 0.102. The van der Waals surface area contributed by atoms with Gasteiger partial charge in [-0.25, -0.2) is 8.42 Å². The SMILES string of the molecule is CS(=O)(=O)Nc1ccccc1NC(=O)c1cccc2cn[nH]c12. The molecule has 0 atom stereocenters. The topological polar surface area (TPSA) is 104 Å². The predicted octanol–water partition coefficient (Wildman–Crippen LogP) is 2.19. The fourth-order valence-electron chi connectivity index (χ4n) is 2.23. The molecule has 0 aliphatic carbocycles. The minimum Gasteiger partial charge on any atom is -0.320 e. The minimum absolute atomic E-state index is 0.306. The summed E-state index contributed by atoms with van der Waals surface area (Å²) in [6.45, 7) is 0. The Bertz CT molecular complexity index is 979. The number of sulfonamides is 1. The molecule has 0 aliphatic rings. The number of fused-ring (bicyclic) bond motifs is 1. The fraction of sp³-hybridized carbons (Fsp3) is 0.0667. The van der Waals surface area contributed by atoms with Gasteiger partial charge in [-0.3, -0.25) is 14.6 Å². The highest BCUT2D eigenvalue weighted by atomic mass is 32.2. The lowest BCUT2D eigenvalue weighted by Gasteiger charge is -2.12. The third-order valence-electron chi connectivity index (χ3n) is 3.19. The number of hydrogen-bond acceptors (Lipinski definition) is 4. The van der Waals surface area contributed by atoms with Crippen LogP contribution in [-0.4, -0.2) is 30.8 Å². The Morgan fingerprint density at radius 1 is 1.09 bits per heavy atom. The van der Waals surface area contributed by atoms with Gasteiger partial charge in [0.2, 0.25) is 10.0 Å². The number of carbonyl (C=O) groups excluding carboxylic acids is 1. The number of amides is 1. The lowest BCUT2D eigenvalue weighted by atomic mass is 10.1. The zero-order valence-corrected chi connectivity index (χ0v) is 13.0. The first-order chi connectivity index (χ1) is 10.9. The number of hydrogen-bond donors (Lipinski definition) is 3. The van der Waals surface area contributed by atoms with Crippen LogP contribution in [-0.2, 0) is 10.0 Å². The summed E-state index contributed by atoms with van der Waals surface area (Å²) in [5, 5.41) is 10.2. The normalized spacial score (nSPS) is 11.3. The second kappa shape index (κ2) is 5.73. The number of aromatic nitrogens is 2. The van der Waals surface area contributed by atoms with E-state index in [1.165, 1.54) is 0 Å². The molecule has 3 N–H and O–H groups in total. The van der Waals surface area contributed by atoms with E-state index in [9.17, 15) is 13.2 Å². The molecule has 0 radical (unpaired) electrons. The molecule has 1 heterocycles. The Hall–Kier alpha value is -2.87. The second-order valence-electron chi connectivity index (χ2n) is 5.01. The first-order valence-electron chi connectivity index (χ1n) is 6.74. The summed E-state index contributed by atoms with van der Waals surface area (Å²) in [5.74, 6) is -0.359. The molecule has 23 heavy (non-hydrogen) atoms. The zero-order chi connectivity index (χ0) is 16.4.